The number of benzene rings is 2. The molecule has 9 heteroatoms. The van der Waals surface area contributed by atoms with Gasteiger partial charge in [-0.1, -0.05) is 18.2 Å². The molecule has 8 nitrogen and oxygen atoms in total. The van der Waals surface area contributed by atoms with Crippen LogP contribution >= 0.6 is 0 Å². The third-order valence-electron chi connectivity index (χ3n) is 5.37. The van der Waals surface area contributed by atoms with Crippen molar-refractivity contribution in [1.82, 2.24) is 9.62 Å². The number of piperidine rings is 1. The molecule has 0 spiro atoms. The van der Waals surface area contributed by atoms with Gasteiger partial charge in [0.15, 0.2) is 0 Å². The minimum atomic E-state index is -3.62. The van der Waals surface area contributed by atoms with Crippen LogP contribution in [0.15, 0.2) is 68.7 Å². The molecule has 0 unspecified atom stereocenters. The van der Waals surface area contributed by atoms with Gasteiger partial charge in [0, 0.05) is 24.5 Å². The number of hydrogen-bond donors (Lipinski definition) is 1. The topological polar surface area (TPSA) is 106 Å². The number of nitrogens with zero attached hydrogens (tertiary/aromatic N) is 1. The quantitative estimate of drug-likeness (QED) is 0.608. The van der Waals surface area contributed by atoms with Crippen LogP contribution in [0.25, 0.3) is 11.0 Å². The van der Waals surface area contributed by atoms with Crippen LogP contribution in [0.4, 0.5) is 0 Å². The monoisotopic (exact) mass is 442 g/mol. The molecule has 0 saturated carbocycles. The summed E-state index contributed by atoms with van der Waals surface area (Å²) in [6.07, 6.45) is 0.889. The number of nitrogens with one attached hydrogen (secondary N) is 1. The molecule has 0 atom stereocenters. The lowest BCUT2D eigenvalue weighted by Crippen LogP contribution is -2.47. The largest absolute Gasteiger partial charge is 0.497 e. The maximum absolute atomic E-state index is 12.9. The van der Waals surface area contributed by atoms with Crippen molar-refractivity contribution in [3.8, 4) is 5.75 Å². The van der Waals surface area contributed by atoms with Gasteiger partial charge in [0.2, 0.25) is 10.0 Å². The summed E-state index contributed by atoms with van der Waals surface area (Å²) >= 11 is 0. The van der Waals surface area contributed by atoms with E-state index in [0.717, 1.165) is 0 Å². The van der Waals surface area contributed by atoms with Crippen LogP contribution in [0.1, 0.15) is 23.2 Å². The molecule has 1 fully saturated rings. The lowest BCUT2D eigenvalue weighted by atomic mass is 10.1. The summed E-state index contributed by atoms with van der Waals surface area (Å²) in [5.41, 5.74) is -0.344. The molecular formula is C22H22N2O6S. The van der Waals surface area contributed by atoms with Crippen molar-refractivity contribution in [2.24, 2.45) is 0 Å². The molecule has 1 aliphatic heterocycles. The Morgan fingerprint density at radius 3 is 2.45 bits per heavy atom. The first-order chi connectivity index (χ1) is 14.9. The molecule has 1 N–H and O–H groups in total. The Morgan fingerprint density at radius 1 is 1.10 bits per heavy atom. The second kappa shape index (κ2) is 8.52. The first-order valence-corrected chi connectivity index (χ1v) is 11.3. The number of ether oxygens (including phenoxy) is 1. The van der Waals surface area contributed by atoms with Crippen molar-refractivity contribution in [3.05, 3.63) is 70.6 Å². The molecule has 4 rings (SSSR count). The number of carbonyl (C=O) groups is 1. The number of para-hydroxylation sites is 1. The van der Waals surface area contributed by atoms with Gasteiger partial charge in [0.25, 0.3) is 5.91 Å². The Bertz CT molecular complexity index is 1260. The van der Waals surface area contributed by atoms with Crippen molar-refractivity contribution in [3.63, 3.8) is 0 Å². The van der Waals surface area contributed by atoms with Gasteiger partial charge in [0.05, 0.1) is 12.0 Å². The van der Waals surface area contributed by atoms with Crippen molar-refractivity contribution in [2.45, 2.75) is 23.8 Å². The Kier molecular flexibility index (Phi) is 5.79. The van der Waals surface area contributed by atoms with E-state index < -0.39 is 21.6 Å². The van der Waals surface area contributed by atoms with Crippen LogP contribution in [0.2, 0.25) is 0 Å². The fraction of sp³-hybridized carbons (Fsp3) is 0.273. The molecule has 0 bridgehead atoms. The van der Waals surface area contributed by atoms with Gasteiger partial charge in [-0.25, -0.2) is 13.2 Å². The van der Waals surface area contributed by atoms with E-state index in [1.807, 2.05) is 0 Å². The van der Waals surface area contributed by atoms with Crippen molar-refractivity contribution >= 4 is 26.9 Å². The predicted molar refractivity (Wildman–Crippen MR) is 115 cm³/mol. The summed E-state index contributed by atoms with van der Waals surface area (Å²) in [4.78, 5) is 25.0. The summed E-state index contributed by atoms with van der Waals surface area (Å²) in [7, 11) is -2.10. The fourth-order valence-corrected chi connectivity index (χ4v) is 5.09. The maximum atomic E-state index is 12.9. The molecule has 1 aromatic heterocycles. The Hall–Kier alpha value is -3.17. The van der Waals surface area contributed by atoms with Crippen molar-refractivity contribution in [1.29, 1.82) is 0 Å². The number of hydrogen-bond acceptors (Lipinski definition) is 6. The average molecular weight is 442 g/mol. The van der Waals surface area contributed by atoms with Gasteiger partial charge in [0.1, 0.15) is 16.9 Å². The van der Waals surface area contributed by atoms with Gasteiger partial charge in [-0.2, -0.15) is 4.31 Å². The highest BCUT2D eigenvalue weighted by atomic mass is 32.2. The highest BCUT2D eigenvalue weighted by Crippen LogP contribution is 2.23. The van der Waals surface area contributed by atoms with Crippen LogP contribution in [0.3, 0.4) is 0 Å². The van der Waals surface area contributed by atoms with Gasteiger partial charge < -0.3 is 14.5 Å². The summed E-state index contributed by atoms with van der Waals surface area (Å²) in [6.45, 7) is 0.539. The molecule has 2 heterocycles. The first kappa shape index (κ1) is 21.1. The molecule has 1 saturated heterocycles. The van der Waals surface area contributed by atoms with Gasteiger partial charge in [-0.15, -0.1) is 0 Å². The predicted octanol–water partition coefficient (Wildman–Crippen LogP) is 2.38. The van der Waals surface area contributed by atoms with E-state index in [-0.39, 0.29) is 29.6 Å². The van der Waals surface area contributed by atoms with Crippen LogP contribution in [-0.4, -0.2) is 44.9 Å². The molecule has 2 aromatic carbocycles. The molecule has 1 aliphatic rings. The third kappa shape index (κ3) is 4.33. The highest BCUT2D eigenvalue weighted by Gasteiger charge is 2.30. The average Bonchev–Trinajstić information content (AvgIpc) is 2.79. The lowest BCUT2D eigenvalue weighted by molar-refractivity contribution is 0.0920. The van der Waals surface area contributed by atoms with Crippen molar-refractivity contribution in [2.75, 3.05) is 20.2 Å². The zero-order valence-corrected chi connectivity index (χ0v) is 17.7. The molecule has 0 aliphatic carbocycles. The van der Waals surface area contributed by atoms with E-state index in [1.165, 1.54) is 29.6 Å². The molecule has 1 amide bonds. The van der Waals surface area contributed by atoms with Crippen molar-refractivity contribution < 1.29 is 22.4 Å². The smallest absolute Gasteiger partial charge is 0.349 e. The SMILES string of the molecule is COc1ccc(S(=O)(=O)N2CCC(NC(=O)c3cc4ccccc4oc3=O)CC2)cc1. The summed E-state index contributed by atoms with van der Waals surface area (Å²) in [5.74, 6) is 0.0644. The number of carbonyl (C=O) groups excluding carboxylic acids is 1. The fourth-order valence-electron chi connectivity index (χ4n) is 3.62. The third-order valence-corrected chi connectivity index (χ3v) is 7.29. The van der Waals surface area contributed by atoms with Gasteiger partial charge in [-0.3, -0.25) is 4.79 Å². The van der Waals surface area contributed by atoms with E-state index in [4.69, 9.17) is 9.15 Å². The second-order valence-corrected chi connectivity index (χ2v) is 9.25. The zero-order chi connectivity index (χ0) is 22.0. The Morgan fingerprint density at radius 2 is 1.77 bits per heavy atom. The van der Waals surface area contributed by atoms with Crippen LogP contribution in [0.5, 0.6) is 5.75 Å². The maximum Gasteiger partial charge on any atom is 0.349 e. The normalized spacial score (nSPS) is 15.6. The first-order valence-electron chi connectivity index (χ1n) is 9.86. The molecule has 0 radical (unpaired) electrons. The summed E-state index contributed by atoms with van der Waals surface area (Å²) in [5, 5.41) is 3.49. The van der Waals surface area contributed by atoms with Crippen LogP contribution in [0, 0.1) is 0 Å². The van der Waals surface area contributed by atoms with Gasteiger partial charge >= 0.3 is 5.63 Å². The number of rotatable bonds is 5. The highest BCUT2D eigenvalue weighted by molar-refractivity contribution is 7.89. The molecule has 162 valence electrons. The Labute approximate surface area is 179 Å². The van der Waals surface area contributed by atoms with E-state index in [0.29, 0.717) is 29.6 Å². The standard InChI is InChI=1S/C22H22N2O6S/c1-29-17-6-8-18(9-7-17)31(27,28)24-12-10-16(11-13-24)23-21(25)19-14-15-4-2-3-5-20(15)30-22(19)26/h2-9,14,16H,10-13H2,1H3,(H,23,25). The second-order valence-electron chi connectivity index (χ2n) is 7.31. The number of sulfonamides is 1. The number of methoxy groups -OCH3 is 1. The zero-order valence-electron chi connectivity index (χ0n) is 16.9. The van der Waals surface area contributed by atoms with Gasteiger partial charge in [-0.05, 0) is 49.2 Å². The summed E-state index contributed by atoms with van der Waals surface area (Å²) in [6, 6.07) is 14.5. The minimum Gasteiger partial charge on any atom is -0.497 e. The molecule has 3 aromatic rings. The van der Waals surface area contributed by atoms with E-state index >= 15 is 0 Å². The Balaban J connectivity index is 1.41. The minimum absolute atomic E-state index is 0.0630. The molecular weight excluding hydrogens is 420 g/mol. The number of amides is 1. The lowest BCUT2D eigenvalue weighted by Gasteiger charge is -2.31. The van der Waals surface area contributed by atoms with E-state index in [1.54, 1.807) is 36.4 Å². The van der Waals surface area contributed by atoms with Crippen LogP contribution < -0.4 is 15.7 Å². The van der Waals surface area contributed by atoms with E-state index in [9.17, 15) is 18.0 Å². The molecule has 31 heavy (non-hydrogen) atoms. The van der Waals surface area contributed by atoms with Crippen LogP contribution in [-0.2, 0) is 10.0 Å². The van der Waals surface area contributed by atoms with E-state index in [2.05, 4.69) is 5.32 Å². The summed E-state index contributed by atoms with van der Waals surface area (Å²) < 4.78 is 37.4. The number of fused-ring (bicyclic) bond motifs is 1.